The molecule has 6 rings (SSSR count). The smallest absolute Gasteiger partial charge is 0.270 e. The van der Waals surface area contributed by atoms with Crippen molar-refractivity contribution < 1.29 is 9.66 Å². The molecule has 0 bridgehead atoms. The number of hydrogen-bond acceptors (Lipinski definition) is 7. The Balaban J connectivity index is 1.62. The van der Waals surface area contributed by atoms with Gasteiger partial charge in [0.25, 0.3) is 5.69 Å². The number of tetrazole rings is 1. The summed E-state index contributed by atoms with van der Waals surface area (Å²) >= 11 is 0. The van der Waals surface area contributed by atoms with E-state index in [0.717, 1.165) is 16.7 Å². The number of rotatable bonds is 8. The van der Waals surface area contributed by atoms with Crippen LogP contribution in [0.1, 0.15) is 16.7 Å². The van der Waals surface area contributed by atoms with E-state index in [1.165, 1.54) is 12.1 Å². The summed E-state index contributed by atoms with van der Waals surface area (Å²) in [6, 6.07) is 36.3. The van der Waals surface area contributed by atoms with Crippen LogP contribution < -0.4 is 4.74 Å². The molecule has 4 aromatic carbocycles. The van der Waals surface area contributed by atoms with Crippen molar-refractivity contribution in [3.8, 4) is 28.3 Å². The SMILES string of the molecule is COc1cncc(-c2ccc([N+](=O)[O-])cc2-c2nnn(C(c3ccccc3)(c3ccccc3)c3ccccc3)n2)c1. The van der Waals surface area contributed by atoms with Crippen molar-refractivity contribution in [2.45, 2.75) is 5.54 Å². The van der Waals surface area contributed by atoms with Crippen LogP contribution in [-0.4, -0.2) is 37.2 Å². The minimum atomic E-state index is -0.979. The molecule has 9 heteroatoms. The predicted octanol–water partition coefficient (Wildman–Crippen LogP) is 6.16. The molecule has 200 valence electrons. The van der Waals surface area contributed by atoms with Gasteiger partial charge in [0.05, 0.1) is 18.2 Å². The zero-order valence-corrected chi connectivity index (χ0v) is 22.0. The summed E-state index contributed by atoms with van der Waals surface area (Å²) in [5.41, 5.74) is 3.53. The molecule has 2 aromatic heterocycles. The van der Waals surface area contributed by atoms with E-state index in [-0.39, 0.29) is 11.5 Å². The molecule has 0 N–H and O–H groups in total. The molecule has 0 saturated heterocycles. The summed E-state index contributed by atoms with van der Waals surface area (Å²) in [6.45, 7) is 0. The average Bonchev–Trinajstić information content (AvgIpc) is 3.53. The van der Waals surface area contributed by atoms with Crippen LogP contribution in [0.25, 0.3) is 22.5 Å². The molecule has 2 heterocycles. The van der Waals surface area contributed by atoms with Gasteiger partial charge in [0, 0.05) is 29.5 Å². The van der Waals surface area contributed by atoms with E-state index in [1.807, 2.05) is 97.1 Å². The monoisotopic (exact) mass is 540 g/mol. The summed E-state index contributed by atoms with van der Waals surface area (Å²) in [6.07, 6.45) is 3.26. The molecule has 6 aromatic rings. The number of ether oxygens (including phenoxy) is 1. The topological polar surface area (TPSA) is 109 Å². The van der Waals surface area contributed by atoms with Gasteiger partial charge in [-0.15, -0.1) is 15.0 Å². The lowest BCUT2D eigenvalue weighted by Crippen LogP contribution is -2.39. The highest BCUT2D eigenvalue weighted by Gasteiger charge is 2.41. The minimum Gasteiger partial charge on any atom is -0.495 e. The first kappa shape index (κ1) is 25.6. The van der Waals surface area contributed by atoms with Crippen molar-refractivity contribution in [2.75, 3.05) is 7.11 Å². The normalized spacial score (nSPS) is 11.2. The number of benzene rings is 4. The number of nitrogens with zero attached hydrogens (tertiary/aromatic N) is 6. The van der Waals surface area contributed by atoms with Crippen molar-refractivity contribution in [2.24, 2.45) is 0 Å². The van der Waals surface area contributed by atoms with Crippen LogP contribution in [0.2, 0.25) is 0 Å². The maximum absolute atomic E-state index is 11.8. The van der Waals surface area contributed by atoms with Crippen molar-refractivity contribution in [3.05, 3.63) is 154 Å². The van der Waals surface area contributed by atoms with E-state index in [4.69, 9.17) is 9.84 Å². The molecule has 0 saturated carbocycles. The van der Waals surface area contributed by atoms with Crippen LogP contribution in [0.15, 0.2) is 128 Å². The number of nitro groups is 1. The summed E-state index contributed by atoms with van der Waals surface area (Å²) in [4.78, 5) is 17.2. The Morgan fingerprint density at radius 2 is 1.34 bits per heavy atom. The van der Waals surface area contributed by atoms with E-state index in [1.54, 1.807) is 30.4 Å². The zero-order valence-electron chi connectivity index (χ0n) is 22.0. The second-order valence-electron chi connectivity index (χ2n) is 9.31. The number of pyridine rings is 1. The summed E-state index contributed by atoms with van der Waals surface area (Å²) < 4.78 is 5.36. The average molecular weight is 541 g/mol. The maximum Gasteiger partial charge on any atom is 0.270 e. The number of non-ortho nitro benzene ring substituents is 1. The number of aromatic nitrogens is 5. The van der Waals surface area contributed by atoms with E-state index in [0.29, 0.717) is 22.4 Å². The van der Waals surface area contributed by atoms with Crippen LogP contribution in [0.4, 0.5) is 5.69 Å². The Hall–Kier alpha value is -5.70. The molecule has 0 aliphatic rings. The highest BCUT2D eigenvalue weighted by Crippen LogP contribution is 2.41. The highest BCUT2D eigenvalue weighted by molar-refractivity contribution is 5.82. The molecule has 0 atom stereocenters. The fourth-order valence-electron chi connectivity index (χ4n) is 5.11. The Bertz CT molecular complexity index is 1710. The molecule has 41 heavy (non-hydrogen) atoms. The maximum atomic E-state index is 11.8. The lowest BCUT2D eigenvalue weighted by molar-refractivity contribution is -0.384. The summed E-state index contributed by atoms with van der Waals surface area (Å²) in [5.74, 6) is 0.790. The molecule has 0 radical (unpaired) electrons. The van der Waals surface area contributed by atoms with Gasteiger partial charge in [0.1, 0.15) is 5.75 Å². The first-order valence-electron chi connectivity index (χ1n) is 12.9. The zero-order chi connectivity index (χ0) is 28.2. The molecule has 0 spiro atoms. The van der Waals surface area contributed by atoms with Gasteiger partial charge < -0.3 is 4.74 Å². The Morgan fingerprint density at radius 3 is 1.88 bits per heavy atom. The molecule has 0 aliphatic heterocycles. The first-order valence-corrected chi connectivity index (χ1v) is 12.9. The fraction of sp³-hybridized carbons (Fsp3) is 0.0625. The Kier molecular flexibility index (Phi) is 6.75. The van der Waals surface area contributed by atoms with E-state index in [9.17, 15) is 10.1 Å². The molecular weight excluding hydrogens is 516 g/mol. The van der Waals surface area contributed by atoms with Gasteiger partial charge in [-0.1, -0.05) is 91.0 Å². The van der Waals surface area contributed by atoms with Crippen molar-refractivity contribution in [1.82, 2.24) is 25.2 Å². The standard InChI is InChI=1S/C32H24N6O3/c1-41-28-19-23(21-33-22-28)29-18-17-27(37(39)40)20-30(29)31-34-36-38(35-31)32(24-11-5-2-6-12-24,25-13-7-3-8-14-25)26-15-9-4-10-16-26/h2-22H,1H3. The highest BCUT2D eigenvalue weighted by atomic mass is 16.6. The Morgan fingerprint density at radius 1 is 0.756 bits per heavy atom. The van der Waals surface area contributed by atoms with Gasteiger partial charge in [-0.25, -0.2) is 0 Å². The lowest BCUT2D eigenvalue weighted by atomic mass is 9.77. The van der Waals surface area contributed by atoms with Crippen LogP contribution in [0.5, 0.6) is 5.75 Å². The van der Waals surface area contributed by atoms with Gasteiger partial charge in [-0.2, -0.15) is 0 Å². The van der Waals surface area contributed by atoms with Crippen LogP contribution in [0.3, 0.4) is 0 Å². The number of hydrogen-bond donors (Lipinski definition) is 0. The molecule has 0 fully saturated rings. The first-order chi connectivity index (χ1) is 20.1. The van der Waals surface area contributed by atoms with Crippen molar-refractivity contribution in [3.63, 3.8) is 0 Å². The molecule has 9 nitrogen and oxygen atoms in total. The van der Waals surface area contributed by atoms with Gasteiger partial charge in [-0.05, 0) is 39.6 Å². The van der Waals surface area contributed by atoms with Crippen molar-refractivity contribution in [1.29, 1.82) is 0 Å². The predicted molar refractivity (Wildman–Crippen MR) is 154 cm³/mol. The largest absolute Gasteiger partial charge is 0.495 e. The quantitative estimate of drug-likeness (QED) is 0.129. The van der Waals surface area contributed by atoms with Crippen LogP contribution in [0, 0.1) is 10.1 Å². The van der Waals surface area contributed by atoms with E-state index < -0.39 is 10.5 Å². The Labute approximate surface area is 235 Å². The fourth-order valence-corrected chi connectivity index (χ4v) is 5.11. The molecule has 0 amide bonds. The second kappa shape index (κ2) is 10.8. The van der Waals surface area contributed by atoms with E-state index in [2.05, 4.69) is 15.3 Å². The van der Waals surface area contributed by atoms with Gasteiger partial charge in [0.2, 0.25) is 5.82 Å². The van der Waals surface area contributed by atoms with E-state index >= 15 is 0 Å². The van der Waals surface area contributed by atoms with Crippen LogP contribution >= 0.6 is 0 Å². The lowest BCUT2D eigenvalue weighted by Gasteiger charge is -2.34. The number of nitro benzene ring substituents is 1. The molecule has 0 unspecified atom stereocenters. The number of methoxy groups -OCH3 is 1. The third-order valence-electron chi connectivity index (χ3n) is 7.00. The molecular formula is C32H24N6O3. The van der Waals surface area contributed by atoms with Crippen LogP contribution in [-0.2, 0) is 5.54 Å². The third kappa shape index (κ3) is 4.59. The second-order valence-corrected chi connectivity index (χ2v) is 9.31. The molecule has 0 aliphatic carbocycles. The van der Waals surface area contributed by atoms with Crippen molar-refractivity contribution >= 4 is 5.69 Å². The summed E-state index contributed by atoms with van der Waals surface area (Å²) in [5, 5.41) is 25.8. The third-order valence-corrected chi connectivity index (χ3v) is 7.00. The van der Waals surface area contributed by atoms with Gasteiger partial charge in [-0.3, -0.25) is 15.1 Å². The summed E-state index contributed by atoms with van der Waals surface area (Å²) in [7, 11) is 1.56. The minimum absolute atomic E-state index is 0.0867. The van der Waals surface area contributed by atoms with Gasteiger partial charge >= 0.3 is 0 Å². The van der Waals surface area contributed by atoms with Gasteiger partial charge in [0.15, 0.2) is 5.54 Å².